The number of aromatic nitrogens is 2. The zero-order chi connectivity index (χ0) is 22.0. The molecule has 164 valence electrons. The summed E-state index contributed by atoms with van der Waals surface area (Å²) in [6, 6.07) is 5.20. The van der Waals surface area contributed by atoms with E-state index < -0.39 is 11.6 Å². The Bertz CT molecular complexity index is 1090. The molecule has 0 unspecified atom stereocenters. The van der Waals surface area contributed by atoms with Crippen molar-refractivity contribution in [2.45, 2.75) is 58.5 Å². The van der Waals surface area contributed by atoms with E-state index in [0.717, 1.165) is 6.42 Å². The number of hydrogen-bond donors (Lipinski definition) is 0. The number of pyridine rings is 1. The lowest BCUT2D eigenvalue weighted by Crippen LogP contribution is -2.11. The van der Waals surface area contributed by atoms with Gasteiger partial charge in [-0.15, -0.1) is 0 Å². The highest BCUT2D eigenvalue weighted by atomic mass is 35.5. The van der Waals surface area contributed by atoms with Crippen LogP contribution in [0.2, 0.25) is 5.02 Å². The van der Waals surface area contributed by atoms with Crippen LogP contribution in [0.3, 0.4) is 0 Å². The Balaban J connectivity index is 1.58. The maximum Gasteiger partial charge on any atom is 0.181 e. The minimum atomic E-state index is -0.684. The third kappa shape index (κ3) is 4.74. The number of fused-ring (bicyclic) bond motifs is 1. The predicted octanol–water partition coefficient (Wildman–Crippen LogP) is 6.70. The van der Waals surface area contributed by atoms with Gasteiger partial charge in [0.05, 0.1) is 16.3 Å². The molecule has 3 aromatic rings. The average molecular weight is 447 g/mol. The number of carbonyl (C=O) groups excluding carboxylic acids is 1. The lowest BCUT2D eigenvalue weighted by molar-refractivity contribution is 0.0964. The minimum absolute atomic E-state index is 0.0175. The van der Waals surface area contributed by atoms with Gasteiger partial charge >= 0.3 is 0 Å². The van der Waals surface area contributed by atoms with Gasteiger partial charge in [0, 0.05) is 18.7 Å². The topological polar surface area (TPSA) is 43.6 Å². The van der Waals surface area contributed by atoms with Crippen LogP contribution in [0, 0.1) is 24.5 Å². The highest BCUT2D eigenvalue weighted by molar-refractivity contribution is 6.30. The molecular formula is C24H25ClF2N2O2. The van der Waals surface area contributed by atoms with Gasteiger partial charge in [0.1, 0.15) is 23.9 Å². The first-order valence-electron chi connectivity index (χ1n) is 10.7. The summed E-state index contributed by atoms with van der Waals surface area (Å²) in [5.74, 6) is -0.476. The fraction of sp³-hybridized carbons (Fsp3) is 0.417. The number of ketones is 1. The number of rotatable bonds is 7. The van der Waals surface area contributed by atoms with Crippen molar-refractivity contribution in [1.29, 1.82) is 0 Å². The van der Waals surface area contributed by atoms with Crippen LogP contribution in [0.15, 0.2) is 30.5 Å². The molecule has 0 saturated heterocycles. The van der Waals surface area contributed by atoms with E-state index in [1.54, 1.807) is 23.6 Å². The Labute approximate surface area is 185 Å². The number of imidazole rings is 1. The molecule has 1 aliphatic carbocycles. The number of nitrogens with zero attached hydrogens (tertiary/aromatic N) is 2. The van der Waals surface area contributed by atoms with Crippen molar-refractivity contribution in [3.05, 3.63) is 64.1 Å². The van der Waals surface area contributed by atoms with Gasteiger partial charge in [-0.25, -0.2) is 13.8 Å². The molecule has 0 aliphatic heterocycles. The SMILES string of the molecule is Cc1nc2c(OCc3c(F)cccc3F)cc(Cl)cn2c1C(=O)CCC1CCCCC1. The third-order valence-corrected chi connectivity index (χ3v) is 6.24. The number of carbonyl (C=O) groups is 1. The van der Waals surface area contributed by atoms with Crippen molar-refractivity contribution in [1.82, 2.24) is 9.38 Å². The molecule has 0 N–H and O–H groups in total. The summed E-state index contributed by atoms with van der Waals surface area (Å²) in [6.45, 7) is 1.46. The quantitative estimate of drug-likeness (QED) is 0.379. The first-order valence-corrected chi connectivity index (χ1v) is 11.1. The lowest BCUT2D eigenvalue weighted by Gasteiger charge is -2.20. The van der Waals surface area contributed by atoms with Crippen LogP contribution in [-0.2, 0) is 6.61 Å². The largest absolute Gasteiger partial charge is 0.485 e. The molecule has 7 heteroatoms. The van der Waals surface area contributed by atoms with E-state index in [-0.39, 0.29) is 23.7 Å². The van der Waals surface area contributed by atoms with E-state index in [1.165, 1.54) is 50.3 Å². The van der Waals surface area contributed by atoms with Crippen LogP contribution in [0.4, 0.5) is 8.78 Å². The Morgan fingerprint density at radius 2 is 1.94 bits per heavy atom. The van der Waals surface area contributed by atoms with Crippen molar-refractivity contribution in [2.24, 2.45) is 5.92 Å². The summed E-state index contributed by atoms with van der Waals surface area (Å²) in [4.78, 5) is 17.5. The van der Waals surface area contributed by atoms with Gasteiger partial charge < -0.3 is 4.74 Å². The van der Waals surface area contributed by atoms with Crippen molar-refractivity contribution in [3.63, 3.8) is 0 Å². The number of benzene rings is 1. The number of halogens is 3. The maximum absolute atomic E-state index is 13.9. The standard InChI is InChI=1S/C24H25ClF2N2O2/c1-15-23(21(30)11-10-16-6-3-2-4-7-16)29-13-17(25)12-22(24(29)28-15)31-14-18-19(26)8-5-9-20(18)27/h5,8-9,12-13,16H,2-4,6-7,10-11,14H2,1H3. The molecular weight excluding hydrogens is 422 g/mol. The molecule has 31 heavy (non-hydrogen) atoms. The highest BCUT2D eigenvalue weighted by Crippen LogP contribution is 2.31. The van der Waals surface area contributed by atoms with Crippen molar-refractivity contribution in [2.75, 3.05) is 0 Å². The number of ether oxygens (including phenoxy) is 1. The van der Waals surface area contributed by atoms with Gasteiger partial charge in [-0.1, -0.05) is 49.8 Å². The van der Waals surface area contributed by atoms with Crippen molar-refractivity contribution >= 4 is 23.0 Å². The number of hydrogen-bond acceptors (Lipinski definition) is 3. The number of aryl methyl sites for hydroxylation is 1. The molecule has 0 radical (unpaired) electrons. The Kier molecular flexibility index (Phi) is 6.56. The molecule has 1 saturated carbocycles. The van der Waals surface area contributed by atoms with Gasteiger partial charge in [0.2, 0.25) is 0 Å². The van der Waals surface area contributed by atoms with Gasteiger partial charge in [-0.05, 0) is 31.4 Å². The second-order valence-corrected chi connectivity index (χ2v) is 8.65. The molecule has 0 spiro atoms. The molecule has 4 nitrogen and oxygen atoms in total. The fourth-order valence-electron chi connectivity index (χ4n) is 4.39. The summed E-state index contributed by atoms with van der Waals surface area (Å²) in [5.41, 5.74) is 1.29. The first kappa shape index (κ1) is 21.8. The summed E-state index contributed by atoms with van der Waals surface area (Å²) < 4.78 is 35.2. The molecule has 0 bridgehead atoms. The molecule has 0 amide bonds. The molecule has 1 fully saturated rings. The Morgan fingerprint density at radius 3 is 2.65 bits per heavy atom. The average Bonchev–Trinajstić information content (AvgIpc) is 3.08. The van der Waals surface area contributed by atoms with Crippen molar-refractivity contribution in [3.8, 4) is 5.75 Å². The molecule has 0 atom stereocenters. The van der Waals surface area contributed by atoms with E-state index in [4.69, 9.17) is 16.3 Å². The van der Waals surface area contributed by atoms with Crippen LogP contribution in [-0.4, -0.2) is 15.2 Å². The number of Topliss-reactive ketones (excluding diaryl/α,β-unsaturated/α-hetero) is 1. The van der Waals surface area contributed by atoms with E-state index in [9.17, 15) is 13.6 Å². The van der Waals surface area contributed by atoms with E-state index >= 15 is 0 Å². The van der Waals surface area contributed by atoms with Crippen LogP contribution in [0.1, 0.15) is 66.7 Å². The van der Waals surface area contributed by atoms with E-state index in [2.05, 4.69) is 4.98 Å². The van der Waals surface area contributed by atoms with Crippen molar-refractivity contribution < 1.29 is 18.3 Å². The smallest absolute Gasteiger partial charge is 0.181 e. The molecule has 1 aliphatic rings. The zero-order valence-corrected chi connectivity index (χ0v) is 18.2. The predicted molar refractivity (Wildman–Crippen MR) is 116 cm³/mol. The Hall–Kier alpha value is -2.47. The molecule has 2 aromatic heterocycles. The summed E-state index contributed by atoms with van der Waals surface area (Å²) >= 11 is 6.26. The maximum atomic E-state index is 13.9. The second-order valence-electron chi connectivity index (χ2n) is 8.22. The van der Waals surface area contributed by atoms with E-state index in [1.807, 2.05) is 0 Å². The van der Waals surface area contributed by atoms with Crippen LogP contribution in [0.25, 0.3) is 5.65 Å². The van der Waals surface area contributed by atoms with Gasteiger partial charge in [0.25, 0.3) is 0 Å². The van der Waals surface area contributed by atoms with Gasteiger partial charge in [0.15, 0.2) is 17.2 Å². The first-order chi connectivity index (χ1) is 14.9. The minimum Gasteiger partial charge on any atom is -0.485 e. The summed E-state index contributed by atoms with van der Waals surface area (Å²) in [6.07, 6.45) is 9.12. The molecule has 2 heterocycles. The van der Waals surface area contributed by atoms with Crippen LogP contribution < -0.4 is 4.74 Å². The Morgan fingerprint density at radius 1 is 1.23 bits per heavy atom. The monoisotopic (exact) mass is 446 g/mol. The van der Waals surface area contributed by atoms with Crippen LogP contribution in [0.5, 0.6) is 5.75 Å². The van der Waals surface area contributed by atoms with Crippen LogP contribution >= 0.6 is 11.6 Å². The second kappa shape index (κ2) is 9.35. The lowest BCUT2D eigenvalue weighted by atomic mass is 9.85. The summed E-state index contributed by atoms with van der Waals surface area (Å²) in [7, 11) is 0. The summed E-state index contributed by atoms with van der Waals surface area (Å²) in [5, 5.41) is 0.343. The molecule has 4 rings (SSSR count). The normalized spacial score (nSPS) is 14.8. The van der Waals surface area contributed by atoms with Gasteiger partial charge in [-0.2, -0.15) is 0 Å². The third-order valence-electron chi connectivity index (χ3n) is 6.03. The highest BCUT2D eigenvalue weighted by Gasteiger charge is 2.22. The fourth-order valence-corrected chi connectivity index (χ4v) is 4.58. The molecule has 1 aromatic carbocycles. The van der Waals surface area contributed by atoms with Gasteiger partial charge in [-0.3, -0.25) is 9.20 Å². The zero-order valence-electron chi connectivity index (χ0n) is 17.5. The van der Waals surface area contributed by atoms with E-state index in [0.29, 0.717) is 34.4 Å².